The Balaban J connectivity index is 1.65. The van der Waals surface area contributed by atoms with Gasteiger partial charge in [0, 0.05) is 29.5 Å². The van der Waals surface area contributed by atoms with Crippen LogP contribution in [0.4, 0.5) is 0 Å². The van der Waals surface area contributed by atoms with Gasteiger partial charge in [0.1, 0.15) is 0 Å². The Kier molecular flexibility index (Phi) is 4.38. The predicted octanol–water partition coefficient (Wildman–Crippen LogP) is 2.88. The van der Waals surface area contributed by atoms with Crippen molar-refractivity contribution < 1.29 is 4.74 Å². The minimum Gasteiger partial charge on any atom is -0.381 e. The van der Waals surface area contributed by atoms with Gasteiger partial charge in [-0.25, -0.2) is 0 Å². The van der Waals surface area contributed by atoms with E-state index < -0.39 is 0 Å². The fraction of sp³-hybridized carbons (Fsp3) is 0.692. The molecule has 1 aromatic rings. The van der Waals surface area contributed by atoms with Gasteiger partial charge in [-0.1, -0.05) is 0 Å². The van der Waals surface area contributed by atoms with E-state index in [0.29, 0.717) is 0 Å². The first-order valence-electron chi connectivity index (χ1n) is 6.10. The van der Waals surface area contributed by atoms with Crippen LogP contribution in [-0.4, -0.2) is 19.8 Å². The minimum atomic E-state index is 0.790. The fourth-order valence-electron chi connectivity index (χ4n) is 2.20. The maximum atomic E-state index is 5.37. The summed E-state index contributed by atoms with van der Waals surface area (Å²) in [7, 11) is 0. The minimum absolute atomic E-state index is 0.790. The highest BCUT2D eigenvalue weighted by atomic mass is 32.1. The molecule has 1 unspecified atom stereocenters. The van der Waals surface area contributed by atoms with Crippen molar-refractivity contribution >= 4 is 11.3 Å². The van der Waals surface area contributed by atoms with Crippen LogP contribution in [0.3, 0.4) is 0 Å². The molecule has 1 saturated heterocycles. The molecular weight excluding hydrogens is 218 g/mol. The first-order valence-corrected chi connectivity index (χ1v) is 6.91. The maximum absolute atomic E-state index is 5.37. The molecule has 1 aliphatic heterocycles. The maximum Gasteiger partial charge on any atom is 0.0495 e. The van der Waals surface area contributed by atoms with Crippen molar-refractivity contribution in [2.24, 2.45) is 5.92 Å². The van der Waals surface area contributed by atoms with E-state index in [4.69, 9.17) is 4.74 Å². The number of aryl methyl sites for hydroxylation is 2. The molecule has 0 saturated carbocycles. The van der Waals surface area contributed by atoms with Crippen LogP contribution in [0.25, 0.3) is 0 Å². The second-order valence-electron chi connectivity index (χ2n) is 4.63. The second kappa shape index (κ2) is 5.80. The SMILES string of the molecule is Cc1cc(CNCCC2CCOC2)c(C)s1. The largest absolute Gasteiger partial charge is 0.381 e. The standard InChI is InChI=1S/C13H21NOS/c1-10-7-13(11(2)16-10)8-14-5-3-12-4-6-15-9-12/h7,12,14H,3-6,8-9H2,1-2H3. The van der Waals surface area contributed by atoms with Gasteiger partial charge in [-0.15, -0.1) is 11.3 Å². The van der Waals surface area contributed by atoms with Gasteiger partial charge in [0.25, 0.3) is 0 Å². The molecule has 0 bridgehead atoms. The van der Waals surface area contributed by atoms with Crippen molar-refractivity contribution in [3.63, 3.8) is 0 Å². The average molecular weight is 239 g/mol. The molecule has 2 heterocycles. The number of hydrogen-bond acceptors (Lipinski definition) is 3. The molecule has 0 radical (unpaired) electrons. The van der Waals surface area contributed by atoms with Gasteiger partial charge in [0.05, 0.1) is 0 Å². The van der Waals surface area contributed by atoms with Gasteiger partial charge in [-0.2, -0.15) is 0 Å². The van der Waals surface area contributed by atoms with E-state index in [1.807, 2.05) is 11.3 Å². The van der Waals surface area contributed by atoms with Crippen molar-refractivity contribution in [3.8, 4) is 0 Å². The number of thiophene rings is 1. The number of rotatable bonds is 5. The molecule has 2 nitrogen and oxygen atoms in total. The molecule has 1 fully saturated rings. The zero-order chi connectivity index (χ0) is 11.4. The van der Waals surface area contributed by atoms with Gasteiger partial charge in [0.2, 0.25) is 0 Å². The normalized spacial score (nSPS) is 20.5. The van der Waals surface area contributed by atoms with Crippen molar-refractivity contribution in [3.05, 3.63) is 21.4 Å². The number of ether oxygens (including phenoxy) is 1. The second-order valence-corrected chi connectivity index (χ2v) is 6.09. The highest BCUT2D eigenvalue weighted by molar-refractivity contribution is 7.12. The Morgan fingerprint density at radius 1 is 1.50 bits per heavy atom. The van der Waals surface area contributed by atoms with Crippen molar-refractivity contribution in [1.82, 2.24) is 5.32 Å². The highest BCUT2D eigenvalue weighted by Crippen LogP contribution is 2.20. The summed E-state index contributed by atoms with van der Waals surface area (Å²) in [4.78, 5) is 2.87. The highest BCUT2D eigenvalue weighted by Gasteiger charge is 2.14. The van der Waals surface area contributed by atoms with E-state index in [1.165, 1.54) is 28.2 Å². The summed E-state index contributed by atoms with van der Waals surface area (Å²) in [5, 5.41) is 3.53. The molecule has 0 aliphatic carbocycles. The number of hydrogen-bond donors (Lipinski definition) is 1. The zero-order valence-electron chi connectivity index (χ0n) is 10.2. The molecular formula is C13H21NOS. The van der Waals surface area contributed by atoms with E-state index in [9.17, 15) is 0 Å². The molecule has 1 N–H and O–H groups in total. The van der Waals surface area contributed by atoms with Crippen LogP contribution < -0.4 is 5.32 Å². The van der Waals surface area contributed by atoms with Crippen LogP contribution >= 0.6 is 11.3 Å². The van der Waals surface area contributed by atoms with Crippen LogP contribution in [0, 0.1) is 19.8 Å². The van der Waals surface area contributed by atoms with Gasteiger partial charge >= 0.3 is 0 Å². The Labute approximate surface area is 102 Å². The van der Waals surface area contributed by atoms with Crippen molar-refractivity contribution in [2.75, 3.05) is 19.8 Å². The Hall–Kier alpha value is -0.380. The van der Waals surface area contributed by atoms with Crippen molar-refractivity contribution in [2.45, 2.75) is 33.2 Å². The summed E-state index contributed by atoms with van der Waals surface area (Å²) in [6.07, 6.45) is 2.50. The summed E-state index contributed by atoms with van der Waals surface area (Å²) in [5.41, 5.74) is 1.46. The molecule has 3 heteroatoms. The molecule has 0 spiro atoms. The van der Waals surface area contributed by atoms with Crippen molar-refractivity contribution in [1.29, 1.82) is 0 Å². The zero-order valence-corrected chi connectivity index (χ0v) is 11.0. The molecule has 0 amide bonds. The van der Waals surface area contributed by atoms with E-state index in [0.717, 1.165) is 32.2 Å². The first-order chi connectivity index (χ1) is 7.75. The van der Waals surface area contributed by atoms with Crippen LogP contribution in [-0.2, 0) is 11.3 Å². The third kappa shape index (κ3) is 3.30. The lowest BCUT2D eigenvalue weighted by atomic mass is 10.1. The third-order valence-electron chi connectivity index (χ3n) is 3.21. The summed E-state index contributed by atoms with van der Waals surface area (Å²) in [6.45, 7) is 8.45. The van der Waals surface area contributed by atoms with Gasteiger partial charge < -0.3 is 10.1 Å². The van der Waals surface area contributed by atoms with Gasteiger partial charge in [-0.3, -0.25) is 0 Å². The van der Waals surface area contributed by atoms with E-state index >= 15 is 0 Å². The van der Waals surface area contributed by atoms with Crippen LogP contribution in [0.2, 0.25) is 0 Å². The van der Waals surface area contributed by atoms with E-state index in [1.54, 1.807) is 0 Å². The molecule has 2 rings (SSSR count). The molecule has 0 aromatic carbocycles. The molecule has 1 aliphatic rings. The summed E-state index contributed by atoms with van der Waals surface area (Å²) >= 11 is 1.89. The lowest BCUT2D eigenvalue weighted by molar-refractivity contribution is 0.184. The monoisotopic (exact) mass is 239 g/mol. The van der Waals surface area contributed by atoms with Crippen LogP contribution in [0.5, 0.6) is 0 Å². The van der Waals surface area contributed by atoms with Crippen LogP contribution in [0.15, 0.2) is 6.07 Å². The lowest BCUT2D eigenvalue weighted by Gasteiger charge is -2.08. The first kappa shape index (κ1) is 12.1. The van der Waals surface area contributed by atoms with E-state index in [2.05, 4.69) is 25.2 Å². The fourth-order valence-corrected chi connectivity index (χ4v) is 3.15. The lowest BCUT2D eigenvalue weighted by Crippen LogP contribution is -2.18. The molecule has 16 heavy (non-hydrogen) atoms. The summed E-state index contributed by atoms with van der Waals surface area (Å²) in [5.74, 6) is 0.790. The molecule has 1 aromatic heterocycles. The summed E-state index contributed by atoms with van der Waals surface area (Å²) < 4.78 is 5.37. The molecule has 90 valence electrons. The van der Waals surface area contributed by atoms with Crippen LogP contribution in [0.1, 0.15) is 28.2 Å². The smallest absolute Gasteiger partial charge is 0.0495 e. The van der Waals surface area contributed by atoms with Gasteiger partial charge in [-0.05, 0) is 50.8 Å². The quantitative estimate of drug-likeness (QED) is 0.798. The third-order valence-corrected chi connectivity index (χ3v) is 4.22. The topological polar surface area (TPSA) is 21.3 Å². The predicted molar refractivity (Wildman–Crippen MR) is 69.0 cm³/mol. The Bertz CT molecular complexity index is 329. The number of nitrogens with one attached hydrogen (secondary N) is 1. The van der Waals surface area contributed by atoms with E-state index in [-0.39, 0.29) is 0 Å². The summed E-state index contributed by atoms with van der Waals surface area (Å²) in [6, 6.07) is 2.30. The molecule has 1 atom stereocenters. The Morgan fingerprint density at radius 2 is 2.38 bits per heavy atom. The Morgan fingerprint density at radius 3 is 3.00 bits per heavy atom. The average Bonchev–Trinajstić information content (AvgIpc) is 2.84. The van der Waals surface area contributed by atoms with Gasteiger partial charge in [0.15, 0.2) is 0 Å².